The Morgan fingerprint density at radius 3 is 2.46 bits per heavy atom. The number of rotatable bonds is 6. The van der Waals surface area contributed by atoms with Gasteiger partial charge < -0.3 is 19.7 Å². The molecule has 0 saturated heterocycles. The molecule has 0 radical (unpaired) electrons. The fourth-order valence-corrected chi connectivity index (χ4v) is 3.88. The highest BCUT2D eigenvalue weighted by molar-refractivity contribution is 7.80. The lowest BCUT2D eigenvalue weighted by Crippen LogP contribution is -2.47. The Morgan fingerprint density at radius 2 is 1.86 bits per heavy atom. The predicted octanol–water partition coefficient (Wildman–Crippen LogP) is 4.11. The van der Waals surface area contributed by atoms with Gasteiger partial charge in [0.15, 0.2) is 10.9 Å². The lowest BCUT2D eigenvalue weighted by Gasteiger charge is -2.38. The van der Waals surface area contributed by atoms with Crippen LogP contribution in [0.25, 0.3) is 0 Å². The number of carbonyl (C=O) groups is 1. The van der Waals surface area contributed by atoms with Gasteiger partial charge in [0, 0.05) is 28.9 Å². The molecule has 0 saturated carbocycles. The molecule has 2 aromatic carbocycles. The molecule has 0 amide bonds. The van der Waals surface area contributed by atoms with Crippen LogP contribution in [0.4, 0.5) is 0 Å². The number of carbonyl (C=O) groups excluding carboxylic acids is 1. The van der Waals surface area contributed by atoms with Gasteiger partial charge in [-0.05, 0) is 44.3 Å². The number of hydrogen-bond donors (Lipinski definition) is 1. The zero-order chi connectivity index (χ0) is 20.3. The largest absolute Gasteiger partial charge is 0.497 e. The number of ether oxygens (including phenoxy) is 2. The highest BCUT2D eigenvalue weighted by Gasteiger charge is 2.35. The molecule has 28 heavy (non-hydrogen) atoms. The molecular weight excluding hydrogens is 372 g/mol. The van der Waals surface area contributed by atoms with Crippen molar-refractivity contribution in [2.45, 2.75) is 19.9 Å². The second-order valence-electron chi connectivity index (χ2n) is 6.43. The molecule has 2 aromatic rings. The summed E-state index contributed by atoms with van der Waals surface area (Å²) in [5.41, 5.74) is 2.93. The number of ketones is 1. The van der Waals surface area contributed by atoms with Gasteiger partial charge in [0.2, 0.25) is 0 Å². The maximum atomic E-state index is 13.5. The van der Waals surface area contributed by atoms with E-state index < -0.39 is 6.04 Å². The summed E-state index contributed by atoms with van der Waals surface area (Å²) in [6, 6.07) is 14.4. The van der Waals surface area contributed by atoms with Crippen molar-refractivity contribution in [2.75, 3.05) is 20.8 Å². The molecule has 1 aliphatic heterocycles. The normalized spacial score (nSPS) is 16.6. The molecule has 3 rings (SSSR count). The van der Waals surface area contributed by atoms with Crippen molar-refractivity contribution < 1.29 is 14.3 Å². The fourth-order valence-electron chi connectivity index (χ4n) is 3.50. The van der Waals surface area contributed by atoms with E-state index in [9.17, 15) is 4.79 Å². The van der Waals surface area contributed by atoms with E-state index in [-0.39, 0.29) is 5.78 Å². The van der Waals surface area contributed by atoms with Crippen LogP contribution >= 0.6 is 12.2 Å². The maximum absolute atomic E-state index is 13.5. The van der Waals surface area contributed by atoms with Crippen LogP contribution in [0.5, 0.6) is 11.5 Å². The second kappa shape index (κ2) is 8.44. The molecule has 146 valence electrons. The van der Waals surface area contributed by atoms with Crippen molar-refractivity contribution in [3.63, 3.8) is 0 Å². The molecular formula is C22H24N2O3S. The second-order valence-corrected chi connectivity index (χ2v) is 6.82. The van der Waals surface area contributed by atoms with E-state index in [1.165, 1.54) is 0 Å². The van der Waals surface area contributed by atoms with Gasteiger partial charge in [0.1, 0.15) is 11.5 Å². The quantitative estimate of drug-likeness (QED) is 0.586. The number of hydrogen-bond acceptors (Lipinski definition) is 4. The first-order chi connectivity index (χ1) is 13.5. The highest BCUT2D eigenvalue weighted by Crippen LogP contribution is 2.38. The Bertz CT molecular complexity index is 925. The summed E-state index contributed by atoms with van der Waals surface area (Å²) in [6.07, 6.45) is 0. The van der Waals surface area contributed by atoms with E-state index in [1.54, 1.807) is 14.2 Å². The molecule has 1 atom stereocenters. The van der Waals surface area contributed by atoms with E-state index in [1.807, 2.05) is 67.3 Å². The number of nitrogens with one attached hydrogen (secondary N) is 1. The minimum absolute atomic E-state index is 0.0403. The lowest BCUT2D eigenvalue weighted by atomic mass is 9.88. The van der Waals surface area contributed by atoms with Crippen LogP contribution in [-0.4, -0.2) is 36.6 Å². The van der Waals surface area contributed by atoms with Crippen LogP contribution in [0.15, 0.2) is 59.8 Å². The minimum atomic E-state index is -0.437. The lowest BCUT2D eigenvalue weighted by molar-refractivity contribution is 0.102. The van der Waals surface area contributed by atoms with Gasteiger partial charge in [-0.2, -0.15) is 0 Å². The first-order valence-corrected chi connectivity index (χ1v) is 9.53. The number of allylic oxidation sites excluding steroid dienone is 1. The van der Waals surface area contributed by atoms with Crippen molar-refractivity contribution in [3.8, 4) is 11.5 Å². The Kier molecular flexibility index (Phi) is 5.99. The Labute approximate surface area is 170 Å². The van der Waals surface area contributed by atoms with E-state index in [2.05, 4.69) is 5.32 Å². The third kappa shape index (κ3) is 3.60. The van der Waals surface area contributed by atoms with Gasteiger partial charge in [-0.15, -0.1) is 0 Å². The van der Waals surface area contributed by atoms with Gasteiger partial charge in [-0.1, -0.05) is 30.3 Å². The first kappa shape index (κ1) is 19.9. The minimum Gasteiger partial charge on any atom is -0.497 e. The molecule has 0 fully saturated rings. The third-order valence-electron chi connectivity index (χ3n) is 4.94. The SMILES string of the molecule is CCN1C(=S)NC(c2cc(OC)ccc2OC)C(C(=O)c2ccccc2)=C1C. The Hall–Kier alpha value is -2.86. The van der Waals surface area contributed by atoms with Crippen LogP contribution in [0.3, 0.4) is 0 Å². The molecule has 0 aromatic heterocycles. The molecule has 1 N–H and O–H groups in total. The summed E-state index contributed by atoms with van der Waals surface area (Å²) >= 11 is 5.57. The van der Waals surface area contributed by atoms with Gasteiger partial charge >= 0.3 is 0 Å². The number of benzene rings is 2. The van der Waals surface area contributed by atoms with Gasteiger partial charge in [0.25, 0.3) is 0 Å². The smallest absolute Gasteiger partial charge is 0.193 e. The maximum Gasteiger partial charge on any atom is 0.193 e. The number of Topliss-reactive ketones (excluding diaryl/α,β-unsaturated/α-hetero) is 1. The number of methoxy groups -OCH3 is 2. The summed E-state index contributed by atoms with van der Waals surface area (Å²) in [5, 5.41) is 3.92. The summed E-state index contributed by atoms with van der Waals surface area (Å²) in [5.74, 6) is 1.31. The number of nitrogens with zero attached hydrogens (tertiary/aromatic N) is 1. The topological polar surface area (TPSA) is 50.8 Å². The molecule has 0 spiro atoms. The number of thiocarbonyl (C=S) groups is 1. The zero-order valence-corrected chi connectivity index (χ0v) is 17.3. The van der Waals surface area contributed by atoms with Crippen molar-refractivity contribution in [1.82, 2.24) is 10.2 Å². The van der Waals surface area contributed by atoms with Crippen molar-refractivity contribution >= 4 is 23.1 Å². The molecule has 1 aliphatic rings. The molecule has 6 heteroatoms. The van der Waals surface area contributed by atoms with E-state index >= 15 is 0 Å². The molecule has 1 heterocycles. The van der Waals surface area contributed by atoms with Crippen LogP contribution in [-0.2, 0) is 0 Å². The summed E-state index contributed by atoms with van der Waals surface area (Å²) in [6.45, 7) is 4.62. The Balaban J connectivity index is 2.20. The van der Waals surface area contributed by atoms with Crippen molar-refractivity contribution in [2.24, 2.45) is 0 Å². The van der Waals surface area contributed by atoms with Gasteiger partial charge in [-0.3, -0.25) is 4.79 Å². The van der Waals surface area contributed by atoms with Crippen LogP contribution in [0.2, 0.25) is 0 Å². The Morgan fingerprint density at radius 1 is 1.14 bits per heavy atom. The average Bonchev–Trinajstić information content (AvgIpc) is 2.73. The summed E-state index contributed by atoms with van der Waals surface area (Å²) < 4.78 is 11.0. The molecule has 5 nitrogen and oxygen atoms in total. The average molecular weight is 397 g/mol. The van der Waals surface area contributed by atoms with Gasteiger partial charge in [-0.25, -0.2) is 0 Å². The third-order valence-corrected chi connectivity index (χ3v) is 5.28. The highest BCUT2D eigenvalue weighted by atomic mass is 32.1. The van der Waals surface area contributed by atoms with Crippen LogP contribution in [0.1, 0.15) is 35.8 Å². The van der Waals surface area contributed by atoms with Crippen molar-refractivity contribution in [3.05, 3.63) is 70.9 Å². The molecule has 0 aliphatic carbocycles. The van der Waals surface area contributed by atoms with Crippen molar-refractivity contribution in [1.29, 1.82) is 0 Å². The molecule has 0 bridgehead atoms. The van der Waals surface area contributed by atoms with Crippen LogP contribution in [0, 0.1) is 0 Å². The van der Waals surface area contributed by atoms with Crippen LogP contribution < -0.4 is 14.8 Å². The van der Waals surface area contributed by atoms with E-state index in [4.69, 9.17) is 21.7 Å². The van der Waals surface area contributed by atoms with E-state index in [0.29, 0.717) is 34.3 Å². The summed E-state index contributed by atoms with van der Waals surface area (Å²) in [4.78, 5) is 15.4. The predicted molar refractivity (Wildman–Crippen MR) is 114 cm³/mol. The monoisotopic (exact) mass is 396 g/mol. The zero-order valence-electron chi connectivity index (χ0n) is 16.5. The summed E-state index contributed by atoms with van der Waals surface area (Å²) in [7, 11) is 3.22. The fraction of sp³-hybridized carbons (Fsp3) is 0.273. The van der Waals surface area contributed by atoms with E-state index in [0.717, 1.165) is 11.3 Å². The molecule has 1 unspecified atom stereocenters. The first-order valence-electron chi connectivity index (χ1n) is 9.12. The van der Waals surface area contributed by atoms with Gasteiger partial charge in [0.05, 0.1) is 20.3 Å². The standard InChI is InChI=1S/C22H24N2O3S/c1-5-24-14(2)19(21(25)15-9-7-6-8-10-15)20(23-22(24)28)17-13-16(26-3)11-12-18(17)27-4/h6-13,20H,5H2,1-4H3,(H,23,28).